The average Bonchev–Trinajstić information content (AvgIpc) is 2.35. The third-order valence-electron chi connectivity index (χ3n) is 3.26. The predicted molar refractivity (Wildman–Crippen MR) is 66.0 cm³/mol. The SMILES string of the molecule is CCN1CCN(Cc2cc(N)ncc2F)CC1. The van der Waals surface area contributed by atoms with Crippen LogP contribution in [-0.4, -0.2) is 47.5 Å². The summed E-state index contributed by atoms with van der Waals surface area (Å²) in [5, 5.41) is 0. The summed E-state index contributed by atoms with van der Waals surface area (Å²) in [7, 11) is 0. The van der Waals surface area contributed by atoms with Gasteiger partial charge in [-0.25, -0.2) is 9.37 Å². The number of nitrogens with two attached hydrogens (primary N) is 1. The van der Waals surface area contributed by atoms with Crippen LogP contribution in [0.3, 0.4) is 0 Å². The molecular formula is C12H19FN4. The molecule has 5 heteroatoms. The van der Waals surface area contributed by atoms with Crippen molar-refractivity contribution in [3.05, 3.63) is 23.6 Å². The molecule has 0 bridgehead atoms. The van der Waals surface area contributed by atoms with Gasteiger partial charge in [-0.3, -0.25) is 4.90 Å². The van der Waals surface area contributed by atoms with Crippen LogP contribution >= 0.6 is 0 Å². The van der Waals surface area contributed by atoms with E-state index in [2.05, 4.69) is 21.7 Å². The van der Waals surface area contributed by atoms with Crippen molar-refractivity contribution in [1.29, 1.82) is 0 Å². The van der Waals surface area contributed by atoms with E-state index in [0.29, 0.717) is 17.9 Å². The molecule has 2 rings (SSSR count). The fraction of sp³-hybridized carbons (Fsp3) is 0.583. The first kappa shape index (κ1) is 12.3. The number of anilines is 1. The van der Waals surface area contributed by atoms with Crippen molar-refractivity contribution >= 4 is 5.82 Å². The molecule has 0 amide bonds. The summed E-state index contributed by atoms with van der Waals surface area (Å²) >= 11 is 0. The molecule has 1 aliphatic heterocycles. The van der Waals surface area contributed by atoms with Gasteiger partial charge in [0.05, 0.1) is 6.20 Å². The van der Waals surface area contributed by atoms with Crippen molar-refractivity contribution in [2.24, 2.45) is 0 Å². The first-order valence-corrected chi connectivity index (χ1v) is 6.03. The largest absolute Gasteiger partial charge is 0.384 e. The Balaban J connectivity index is 1.95. The number of rotatable bonds is 3. The molecule has 0 atom stereocenters. The second kappa shape index (κ2) is 5.42. The van der Waals surface area contributed by atoms with E-state index in [1.165, 1.54) is 6.20 Å². The van der Waals surface area contributed by atoms with Gasteiger partial charge in [0.25, 0.3) is 0 Å². The molecule has 0 aromatic carbocycles. The van der Waals surface area contributed by atoms with Crippen molar-refractivity contribution in [2.75, 3.05) is 38.5 Å². The Kier molecular flexibility index (Phi) is 3.91. The van der Waals surface area contributed by atoms with Gasteiger partial charge in [-0.2, -0.15) is 0 Å². The summed E-state index contributed by atoms with van der Waals surface area (Å²) < 4.78 is 13.5. The topological polar surface area (TPSA) is 45.4 Å². The van der Waals surface area contributed by atoms with E-state index in [1.54, 1.807) is 6.07 Å². The molecule has 0 saturated carbocycles. The van der Waals surface area contributed by atoms with Gasteiger partial charge in [-0.15, -0.1) is 0 Å². The molecule has 4 nitrogen and oxygen atoms in total. The van der Waals surface area contributed by atoms with Crippen LogP contribution in [0.25, 0.3) is 0 Å². The molecule has 0 radical (unpaired) electrons. The van der Waals surface area contributed by atoms with E-state index in [1.807, 2.05) is 0 Å². The van der Waals surface area contributed by atoms with Gasteiger partial charge in [0.15, 0.2) is 0 Å². The maximum atomic E-state index is 13.5. The summed E-state index contributed by atoms with van der Waals surface area (Å²) in [4.78, 5) is 8.38. The van der Waals surface area contributed by atoms with E-state index in [0.717, 1.165) is 32.7 Å². The highest BCUT2D eigenvalue weighted by Crippen LogP contribution is 2.13. The summed E-state index contributed by atoms with van der Waals surface area (Å²) in [6.07, 6.45) is 1.20. The standard InChI is InChI=1S/C12H19FN4/c1-2-16-3-5-17(6-4-16)9-10-7-12(14)15-8-11(10)13/h7-8H,2-6,9H2,1H3,(H2,14,15). The van der Waals surface area contributed by atoms with Crippen molar-refractivity contribution in [3.8, 4) is 0 Å². The number of nitrogens with zero attached hydrogens (tertiary/aromatic N) is 3. The van der Waals surface area contributed by atoms with Crippen molar-refractivity contribution < 1.29 is 4.39 Å². The number of aromatic nitrogens is 1. The van der Waals surface area contributed by atoms with Gasteiger partial charge in [-0.05, 0) is 12.6 Å². The minimum atomic E-state index is -0.267. The Bertz CT molecular complexity index is 375. The minimum absolute atomic E-state index is 0.267. The Morgan fingerprint density at radius 1 is 1.29 bits per heavy atom. The van der Waals surface area contributed by atoms with Gasteiger partial charge in [0.1, 0.15) is 11.6 Å². The van der Waals surface area contributed by atoms with Crippen LogP contribution in [0.2, 0.25) is 0 Å². The Morgan fingerprint density at radius 2 is 1.94 bits per heavy atom. The summed E-state index contributed by atoms with van der Waals surface area (Å²) in [6, 6.07) is 1.63. The van der Waals surface area contributed by atoms with E-state index in [4.69, 9.17) is 5.73 Å². The normalized spacial score (nSPS) is 18.5. The predicted octanol–water partition coefficient (Wildman–Crippen LogP) is 0.940. The zero-order valence-electron chi connectivity index (χ0n) is 10.2. The maximum Gasteiger partial charge on any atom is 0.146 e. The van der Waals surface area contributed by atoms with E-state index >= 15 is 0 Å². The van der Waals surface area contributed by atoms with E-state index in [-0.39, 0.29) is 5.82 Å². The number of likely N-dealkylation sites (N-methyl/N-ethyl adjacent to an activating group) is 1. The molecule has 1 saturated heterocycles. The van der Waals surface area contributed by atoms with Crippen LogP contribution in [-0.2, 0) is 6.54 Å². The molecule has 1 fully saturated rings. The Morgan fingerprint density at radius 3 is 2.59 bits per heavy atom. The summed E-state index contributed by atoms with van der Waals surface area (Å²) in [5.74, 6) is 0.116. The van der Waals surface area contributed by atoms with E-state index in [9.17, 15) is 4.39 Å². The third kappa shape index (κ3) is 3.14. The highest BCUT2D eigenvalue weighted by atomic mass is 19.1. The van der Waals surface area contributed by atoms with Gasteiger partial charge < -0.3 is 10.6 Å². The third-order valence-corrected chi connectivity index (χ3v) is 3.26. The Labute approximate surface area is 101 Å². The van der Waals surface area contributed by atoms with Gasteiger partial charge >= 0.3 is 0 Å². The van der Waals surface area contributed by atoms with Gasteiger partial charge in [-0.1, -0.05) is 6.92 Å². The number of pyridine rings is 1. The molecule has 0 spiro atoms. The zero-order valence-corrected chi connectivity index (χ0v) is 10.2. The lowest BCUT2D eigenvalue weighted by atomic mass is 10.2. The first-order valence-electron chi connectivity index (χ1n) is 6.03. The van der Waals surface area contributed by atoms with Crippen LogP contribution in [0.4, 0.5) is 10.2 Å². The van der Waals surface area contributed by atoms with Crippen LogP contribution in [0.1, 0.15) is 12.5 Å². The van der Waals surface area contributed by atoms with Crippen LogP contribution in [0.15, 0.2) is 12.3 Å². The number of nitrogen functional groups attached to an aromatic ring is 1. The van der Waals surface area contributed by atoms with Crippen LogP contribution in [0, 0.1) is 5.82 Å². The Hall–Kier alpha value is -1.20. The fourth-order valence-corrected chi connectivity index (χ4v) is 2.12. The first-order chi connectivity index (χ1) is 8.19. The lowest BCUT2D eigenvalue weighted by molar-refractivity contribution is 0.131. The smallest absolute Gasteiger partial charge is 0.146 e. The minimum Gasteiger partial charge on any atom is -0.384 e. The molecule has 2 heterocycles. The average molecular weight is 238 g/mol. The molecule has 94 valence electrons. The number of piperazine rings is 1. The quantitative estimate of drug-likeness (QED) is 0.851. The number of hydrogen-bond donors (Lipinski definition) is 1. The maximum absolute atomic E-state index is 13.5. The number of hydrogen-bond acceptors (Lipinski definition) is 4. The monoisotopic (exact) mass is 238 g/mol. The van der Waals surface area contributed by atoms with Gasteiger partial charge in [0.2, 0.25) is 0 Å². The molecule has 1 aliphatic rings. The molecular weight excluding hydrogens is 219 g/mol. The van der Waals surface area contributed by atoms with Crippen LogP contribution in [0.5, 0.6) is 0 Å². The second-order valence-corrected chi connectivity index (χ2v) is 4.41. The van der Waals surface area contributed by atoms with Crippen LogP contribution < -0.4 is 5.73 Å². The second-order valence-electron chi connectivity index (χ2n) is 4.41. The van der Waals surface area contributed by atoms with E-state index < -0.39 is 0 Å². The zero-order chi connectivity index (χ0) is 12.3. The highest BCUT2D eigenvalue weighted by molar-refractivity contribution is 5.32. The molecule has 17 heavy (non-hydrogen) atoms. The fourth-order valence-electron chi connectivity index (χ4n) is 2.12. The number of halogens is 1. The molecule has 2 N–H and O–H groups in total. The van der Waals surface area contributed by atoms with Crippen molar-refractivity contribution in [2.45, 2.75) is 13.5 Å². The molecule has 1 aromatic rings. The van der Waals surface area contributed by atoms with Crippen molar-refractivity contribution in [1.82, 2.24) is 14.8 Å². The summed E-state index contributed by atoms with van der Waals surface area (Å²) in [5.41, 5.74) is 6.21. The van der Waals surface area contributed by atoms with Crippen molar-refractivity contribution in [3.63, 3.8) is 0 Å². The lowest BCUT2D eigenvalue weighted by Crippen LogP contribution is -2.45. The highest BCUT2D eigenvalue weighted by Gasteiger charge is 2.16. The lowest BCUT2D eigenvalue weighted by Gasteiger charge is -2.34. The molecule has 0 unspecified atom stereocenters. The molecule has 0 aliphatic carbocycles. The van der Waals surface area contributed by atoms with Gasteiger partial charge in [0, 0.05) is 38.3 Å². The molecule has 1 aromatic heterocycles. The summed E-state index contributed by atoms with van der Waals surface area (Å²) in [6.45, 7) is 7.95.